The quantitative estimate of drug-likeness (QED) is 0.234. The largest absolute Gasteiger partial charge is 0.493 e. The number of thiophene rings is 1. The Hall–Kier alpha value is -3.36. The van der Waals surface area contributed by atoms with Gasteiger partial charge >= 0.3 is 0 Å². The van der Waals surface area contributed by atoms with E-state index in [9.17, 15) is 9.59 Å². The summed E-state index contributed by atoms with van der Waals surface area (Å²) in [5.74, 6) is 1.18. The maximum absolute atomic E-state index is 13.9. The zero-order valence-electron chi connectivity index (χ0n) is 24.5. The molecule has 2 amide bonds. The van der Waals surface area contributed by atoms with E-state index in [4.69, 9.17) is 14.2 Å². The van der Waals surface area contributed by atoms with Crippen LogP contribution in [-0.2, 0) is 33.9 Å². The molecule has 0 radical (unpaired) electrons. The first-order valence-electron chi connectivity index (χ1n) is 14.4. The highest BCUT2D eigenvalue weighted by Gasteiger charge is 2.29. The van der Waals surface area contributed by atoms with Crippen molar-refractivity contribution in [3.8, 4) is 11.5 Å². The third-order valence-corrected chi connectivity index (χ3v) is 8.58. The van der Waals surface area contributed by atoms with Gasteiger partial charge in [-0.3, -0.25) is 9.59 Å². The van der Waals surface area contributed by atoms with Crippen molar-refractivity contribution in [3.63, 3.8) is 0 Å². The number of methoxy groups -OCH3 is 2. The van der Waals surface area contributed by atoms with Crippen molar-refractivity contribution in [2.24, 2.45) is 0 Å². The number of hydrogen-bond acceptors (Lipinski definition) is 6. The van der Waals surface area contributed by atoms with E-state index >= 15 is 0 Å². The fourth-order valence-electron chi connectivity index (χ4n) is 5.32. The van der Waals surface area contributed by atoms with Crippen LogP contribution in [0.3, 0.4) is 0 Å². The second-order valence-corrected chi connectivity index (χ2v) is 11.9. The lowest BCUT2D eigenvalue weighted by Crippen LogP contribution is -2.49. The molecule has 3 aromatic rings. The Morgan fingerprint density at radius 3 is 2.32 bits per heavy atom. The van der Waals surface area contributed by atoms with E-state index in [0.29, 0.717) is 37.6 Å². The molecular weight excluding hydrogens is 536 g/mol. The molecule has 41 heavy (non-hydrogen) atoms. The van der Waals surface area contributed by atoms with Crippen LogP contribution in [0.15, 0.2) is 60.7 Å². The minimum Gasteiger partial charge on any atom is -0.493 e. The predicted octanol–water partition coefficient (Wildman–Crippen LogP) is 6.02. The summed E-state index contributed by atoms with van der Waals surface area (Å²) in [5.41, 5.74) is 2.07. The standard InChI is InChI=1S/C33H42N2O5S/c1-25-14-16-29(41-25)21-34(19-18-26-15-17-30(38-2)31(20-26)39-3)32(36)22-35(28-12-8-5-9-13-28)33(37)24-40-23-27-10-6-4-7-11-27/h4,6-7,10-11,14-17,20,28H,5,8-9,12-13,18-19,21-24H2,1-3H3. The van der Waals surface area contributed by atoms with Crippen LogP contribution in [0, 0.1) is 6.92 Å². The molecule has 8 heteroatoms. The Bertz CT molecular complexity index is 1260. The number of carbonyl (C=O) groups is 2. The number of rotatable bonds is 14. The van der Waals surface area contributed by atoms with Crippen LogP contribution in [-0.4, -0.2) is 61.6 Å². The topological polar surface area (TPSA) is 68.3 Å². The van der Waals surface area contributed by atoms with Crippen molar-refractivity contribution in [3.05, 3.63) is 81.5 Å². The molecule has 1 saturated carbocycles. The molecule has 1 aliphatic rings. The fourth-order valence-corrected chi connectivity index (χ4v) is 6.23. The molecule has 2 aromatic carbocycles. The zero-order valence-corrected chi connectivity index (χ0v) is 25.3. The summed E-state index contributed by atoms with van der Waals surface area (Å²) >= 11 is 1.70. The van der Waals surface area contributed by atoms with Gasteiger partial charge in [0.25, 0.3) is 0 Å². The molecule has 7 nitrogen and oxygen atoms in total. The molecule has 220 valence electrons. The lowest BCUT2D eigenvalue weighted by atomic mass is 9.94. The van der Waals surface area contributed by atoms with Crippen molar-refractivity contribution >= 4 is 23.2 Å². The first-order valence-corrected chi connectivity index (χ1v) is 15.2. The van der Waals surface area contributed by atoms with E-state index in [-0.39, 0.29) is 31.0 Å². The number of hydrogen-bond donors (Lipinski definition) is 0. The molecule has 0 spiro atoms. The Kier molecular flexibility index (Phi) is 11.6. The maximum Gasteiger partial charge on any atom is 0.249 e. The Morgan fingerprint density at radius 1 is 0.878 bits per heavy atom. The summed E-state index contributed by atoms with van der Waals surface area (Å²) in [6.45, 7) is 3.52. The molecule has 0 bridgehead atoms. The summed E-state index contributed by atoms with van der Waals surface area (Å²) in [5, 5.41) is 0. The number of carbonyl (C=O) groups excluding carboxylic acids is 2. The normalized spacial score (nSPS) is 13.5. The number of aryl methyl sites for hydroxylation is 1. The van der Waals surface area contributed by atoms with Crippen molar-refractivity contribution in [1.29, 1.82) is 0 Å². The molecule has 0 aliphatic heterocycles. The smallest absolute Gasteiger partial charge is 0.249 e. The van der Waals surface area contributed by atoms with Gasteiger partial charge in [-0.2, -0.15) is 0 Å². The third kappa shape index (κ3) is 9.07. The van der Waals surface area contributed by atoms with Gasteiger partial charge < -0.3 is 24.0 Å². The average Bonchev–Trinajstić information content (AvgIpc) is 3.42. The van der Waals surface area contributed by atoms with Crippen LogP contribution in [0.25, 0.3) is 0 Å². The van der Waals surface area contributed by atoms with Gasteiger partial charge in [0.15, 0.2) is 11.5 Å². The van der Waals surface area contributed by atoms with E-state index < -0.39 is 0 Å². The Labute approximate surface area is 248 Å². The van der Waals surface area contributed by atoms with Gasteiger partial charge in [0.05, 0.1) is 27.4 Å². The monoisotopic (exact) mass is 578 g/mol. The number of nitrogens with zero attached hydrogens (tertiary/aromatic N) is 2. The highest BCUT2D eigenvalue weighted by molar-refractivity contribution is 7.11. The summed E-state index contributed by atoms with van der Waals surface area (Å²) in [7, 11) is 3.24. The minimum absolute atomic E-state index is 0.0333. The van der Waals surface area contributed by atoms with Crippen molar-refractivity contribution in [1.82, 2.24) is 9.80 Å². The fraction of sp³-hybridized carbons (Fsp3) is 0.455. The first-order chi connectivity index (χ1) is 20.0. The van der Waals surface area contributed by atoms with Crippen LogP contribution in [0.5, 0.6) is 11.5 Å². The predicted molar refractivity (Wildman–Crippen MR) is 162 cm³/mol. The van der Waals surface area contributed by atoms with Crippen LogP contribution >= 0.6 is 11.3 Å². The summed E-state index contributed by atoms with van der Waals surface area (Å²) < 4.78 is 16.7. The van der Waals surface area contributed by atoms with Gasteiger partial charge in [0.2, 0.25) is 11.8 Å². The molecule has 4 rings (SSSR count). The lowest BCUT2D eigenvalue weighted by molar-refractivity contribution is -0.146. The third-order valence-electron chi connectivity index (χ3n) is 7.59. The van der Waals surface area contributed by atoms with Gasteiger partial charge in [-0.25, -0.2) is 0 Å². The van der Waals surface area contributed by atoms with Crippen molar-refractivity contribution in [2.45, 2.75) is 64.6 Å². The van der Waals surface area contributed by atoms with Crippen LogP contribution in [0.4, 0.5) is 0 Å². The van der Waals surface area contributed by atoms with Gasteiger partial charge in [-0.15, -0.1) is 11.3 Å². The second kappa shape index (κ2) is 15.6. The number of ether oxygens (including phenoxy) is 3. The van der Waals surface area contributed by atoms with E-state index in [0.717, 1.165) is 41.7 Å². The summed E-state index contributed by atoms with van der Waals surface area (Å²) in [6.07, 6.45) is 5.83. The van der Waals surface area contributed by atoms with Crippen LogP contribution in [0.1, 0.15) is 53.0 Å². The van der Waals surface area contributed by atoms with E-state index in [2.05, 4.69) is 19.1 Å². The van der Waals surface area contributed by atoms with E-state index in [1.807, 2.05) is 53.4 Å². The van der Waals surface area contributed by atoms with Crippen molar-refractivity contribution < 1.29 is 23.8 Å². The van der Waals surface area contributed by atoms with Gasteiger partial charge in [-0.1, -0.05) is 55.7 Å². The first kappa shape index (κ1) is 30.6. The molecule has 1 aromatic heterocycles. The van der Waals surface area contributed by atoms with E-state index in [1.54, 1.807) is 30.5 Å². The molecule has 0 saturated heterocycles. The van der Waals surface area contributed by atoms with Crippen LogP contribution < -0.4 is 9.47 Å². The second-order valence-electron chi connectivity index (χ2n) is 10.6. The molecule has 1 fully saturated rings. The van der Waals surface area contributed by atoms with Gasteiger partial charge in [-0.05, 0) is 61.6 Å². The van der Waals surface area contributed by atoms with Crippen molar-refractivity contribution in [2.75, 3.05) is 33.9 Å². The Morgan fingerprint density at radius 2 is 1.63 bits per heavy atom. The number of amides is 2. The zero-order chi connectivity index (χ0) is 29.0. The molecule has 1 heterocycles. The number of benzene rings is 2. The molecule has 0 unspecified atom stereocenters. The summed E-state index contributed by atoms with van der Waals surface area (Å²) in [4.78, 5) is 33.4. The average molecular weight is 579 g/mol. The molecular formula is C33H42N2O5S. The van der Waals surface area contributed by atoms with E-state index in [1.165, 1.54) is 11.3 Å². The minimum atomic E-state index is -0.118. The van der Waals surface area contributed by atoms with Gasteiger partial charge in [0.1, 0.15) is 13.2 Å². The highest BCUT2D eigenvalue weighted by atomic mass is 32.1. The molecule has 0 atom stereocenters. The Balaban J connectivity index is 1.46. The molecule has 1 aliphatic carbocycles. The maximum atomic E-state index is 13.9. The van der Waals surface area contributed by atoms with Crippen LogP contribution in [0.2, 0.25) is 0 Å². The lowest BCUT2D eigenvalue weighted by Gasteiger charge is -2.35. The van der Waals surface area contributed by atoms with Gasteiger partial charge in [0, 0.05) is 22.3 Å². The molecule has 0 N–H and O–H groups in total. The highest BCUT2D eigenvalue weighted by Crippen LogP contribution is 2.28. The SMILES string of the molecule is COc1ccc(CCN(Cc2ccc(C)s2)C(=O)CN(C(=O)COCc2ccccc2)C2CCCCC2)cc1OC. The summed E-state index contributed by atoms with van der Waals surface area (Å²) in [6, 6.07) is 19.9.